The quantitative estimate of drug-likeness (QED) is 0.222. The summed E-state index contributed by atoms with van der Waals surface area (Å²) >= 11 is 9.40. The molecule has 0 heterocycles. The maximum absolute atomic E-state index is 12.9. The van der Waals surface area contributed by atoms with E-state index in [0.717, 1.165) is 22.2 Å². The summed E-state index contributed by atoms with van der Waals surface area (Å²) in [7, 11) is 0. The van der Waals surface area contributed by atoms with Crippen molar-refractivity contribution < 1.29 is 23.5 Å². The van der Waals surface area contributed by atoms with Gasteiger partial charge in [-0.25, -0.2) is 9.82 Å². The zero-order valence-corrected chi connectivity index (χ0v) is 20.6. The second kappa shape index (κ2) is 12.1. The number of rotatable bonds is 7. The molecular weight excluding hydrogens is 543 g/mol. The summed E-state index contributed by atoms with van der Waals surface area (Å²) in [5, 5.41) is 9.19. The average molecular weight is 562 g/mol. The molecule has 3 rings (SSSR count). The van der Waals surface area contributed by atoms with E-state index in [-0.39, 0.29) is 24.0 Å². The topological polar surface area (TPSA) is 109 Å². The molecule has 3 aromatic carbocycles. The predicted octanol–water partition coefficient (Wildman–Crippen LogP) is 4.66. The van der Waals surface area contributed by atoms with E-state index in [1.165, 1.54) is 24.4 Å². The van der Waals surface area contributed by atoms with Crippen molar-refractivity contribution in [3.8, 4) is 5.75 Å². The first-order chi connectivity index (χ1) is 16.7. The Labute approximate surface area is 213 Å². The molecule has 0 saturated heterocycles. The number of nitrogens with one attached hydrogen (secondary N) is 3. The Kier molecular flexibility index (Phi) is 8.93. The van der Waals surface area contributed by atoms with Crippen LogP contribution in [0.1, 0.15) is 11.1 Å². The molecule has 0 bridgehead atoms. The summed E-state index contributed by atoms with van der Waals surface area (Å²) in [6.07, 6.45) is 1.22. The highest BCUT2D eigenvalue weighted by Gasteiger charge is 2.13. The largest absolute Gasteiger partial charge is 0.483 e. The molecule has 0 aliphatic rings. The average Bonchev–Trinajstić information content (AvgIpc) is 2.81. The lowest BCUT2D eigenvalue weighted by atomic mass is 10.2. The van der Waals surface area contributed by atoms with Crippen molar-refractivity contribution in [1.82, 2.24) is 5.43 Å². The maximum atomic E-state index is 12.9. The Balaban J connectivity index is 1.58. The summed E-state index contributed by atoms with van der Waals surface area (Å²) in [4.78, 5) is 36.2. The number of benzene rings is 3. The fourth-order valence-electron chi connectivity index (χ4n) is 2.78. The molecule has 35 heavy (non-hydrogen) atoms. The van der Waals surface area contributed by atoms with E-state index in [1.54, 1.807) is 18.2 Å². The minimum Gasteiger partial charge on any atom is -0.483 e. The third-order valence-electron chi connectivity index (χ3n) is 4.47. The van der Waals surface area contributed by atoms with Gasteiger partial charge in [-0.15, -0.1) is 0 Å². The van der Waals surface area contributed by atoms with Crippen LogP contribution in [0.25, 0.3) is 0 Å². The van der Waals surface area contributed by atoms with Crippen LogP contribution >= 0.6 is 27.5 Å². The number of hydrogen-bond acceptors (Lipinski definition) is 5. The van der Waals surface area contributed by atoms with Crippen LogP contribution in [0.15, 0.2) is 70.2 Å². The maximum Gasteiger partial charge on any atom is 0.329 e. The van der Waals surface area contributed by atoms with Gasteiger partial charge in [0.1, 0.15) is 11.6 Å². The van der Waals surface area contributed by atoms with Crippen molar-refractivity contribution in [2.24, 2.45) is 5.10 Å². The van der Waals surface area contributed by atoms with Crippen LogP contribution in [-0.4, -0.2) is 30.5 Å². The van der Waals surface area contributed by atoms with Crippen LogP contribution in [0.2, 0.25) is 5.02 Å². The van der Waals surface area contributed by atoms with Crippen molar-refractivity contribution in [3.05, 3.63) is 87.1 Å². The second-order valence-corrected chi connectivity index (χ2v) is 8.49. The van der Waals surface area contributed by atoms with Gasteiger partial charge in [0, 0.05) is 26.4 Å². The highest BCUT2D eigenvalue weighted by atomic mass is 79.9. The fourth-order valence-corrected chi connectivity index (χ4v) is 3.44. The molecule has 0 spiro atoms. The van der Waals surface area contributed by atoms with Gasteiger partial charge in [0.2, 0.25) is 0 Å². The number of anilines is 2. The molecule has 3 N–H and O–H groups in total. The van der Waals surface area contributed by atoms with Gasteiger partial charge in [0.15, 0.2) is 6.61 Å². The SMILES string of the molecule is Cc1cc(Br)ccc1NC(=O)COc1ccc(Cl)cc1/C=N\NC(=O)C(=O)Nc1ccc(F)cc1. The van der Waals surface area contributed by atoms with E-state index >= 15 is 0 Å². The molecule has 0 atom stereocenters. The minimum atomic E-state index is -1.04. The molecule has 180 valence electrons. The van der Waals surface area contributed by atoms with Crippen LogP contribution in [0, 0.1) is 12.7 Å². The predicted molar refractivity (Wildman–Crippen MR) is 135 cm³/mol. The number of carbonyl (C=O) groups is 3. The molecule has 3 amide bonds. The van der Waals surface area contributed by atoms with E-state index in [4.69, 9.17) is 16.3 Å². The number of ether oxygens (including phenoxy) is 1. The molecule has 0 saturated carbocycles. The molecule has 0 aromatic heterocycles. The smallest absolute Gasteiger partial charge is 0.329 e. The molecule has 0 unspecified atom stereocenters. The van der Waals surface area contributed by atoms with Crippen molar-refractivity contribution in [2.45, 2.75) is 6.92 Å². The van der Waals surface area contributed by atoms with Crippen molar-refractivity contribution in [3.63, 3.8) is 0 Å². The number of nitrogens with zero attached hydrogens (tertiary/aromatic N) is 1. The molecule has 0 radical (unpaired) electrons. The normalized spacial score (nSPS) is 10.6. The monoisotopic (exact) mass is 560 g/mol. The first-order valence-electron chi connectivity index (χ1n) is 10.1. The van der Waals surface area contributed by atoms with Gasteiger partial charge in [-0.1, -0.05) is 27.5 Å². The van der Waals surface area contributed by atoms with Gasteiger partial charge < -0.3 is 15.4 Å². The van der Waals surface area contributed by atoms with Crippen LogP contribution in [0.5, 0.6) is 5.75 Å². The lowest BCUT2D eigenvalue weighted by Gasteiger charge is -2.11. The van der Waals surface area contributed by atoms with E-state index in [2.05, 4.69) is 37.1 Å². The van der Waals surface area contributed by atoms with Crippen molar-refractivity contribution in [2.75, 3.05) is 17.2 Å². The number of halogens is 3. The van der Waals surface area contributed by atoms with E-state index < -0.39 is 17.6 Å². The number of amides is 3. The van der Waals surface area contributed by atoms with Gasteiger partial charge in [0.05, 0.1) is 6.21 Å². The molecule has 3 aromatic rings. The fraction of sp³-hybridized carbons (Fsp3) is 0.0833. The molecule has 0 fully saturated rings. The third-order valence-corrected chi connectivity index (χ3v) is 5.20. The summed E-state index contributed by atoms with van der Waals surface area (Å²) in [5.74, 6) is -2.60. The van der Waals surface area contributed by atoms with Gasteiger partial charge in [-0.2, -0.15) is 5.10 Å². The summed E-state index contributed by atoms with van der Waals surface area (Å²) in [6, 6.07) is 15.0. The van der Waals surface area contributed by atoms with Crippen LogP contribution in [-0.2, 0) is 14.4 Å². The van der Waals surface area contributed by atoms with Crippen LogP contribution < -0.4 is 20.8 Å². The highest BCUT2D eigenvalue weighted by Crippen LogP contribution is 2.22. The lowest BCUT2D eigenvalue weighted by Crippen LogP contribution is -2.32. The first-order valence-corrected chi connectivity index (χ1v) is 11.3. The summed E-state index contributed by atoms with van der Waals surface area (Å²) in [6.45, 7) is 1.58. The number of carbonyl (C=O) groups excluding carboxylic acids is 3. The van der Waals surface area contributed by atoms with Gasteiger partial charge in [0.25, 0.3) is 5.91 Å². The Morgan fingerprint density at radius 2 is 1.77 bits per heavy atom. The zero-order chi connectivity index (χ0) is 25.4. The van der Waals surface area contributed by atoms with Crippen LogP contribution in [0.3, 0.4) is 0 Å². The number of hydrazone groups is 1. The minimum absolute atomic E-state index is 0.248. The van der Waals surface area contributed by atoms with E-state index in [9.17, 15) is 18.8 Å². The molecule has 11 heteroatoms. The number of hydrogen-bond donors (Lipinski definition) is 3. The first kappa shape index (κ1) is 25.9. The summed E-state index contributed by atoms with van der Waals surface area (Å²) in [5.41, 5.74) is 4.23. The number of aryl methyl sites for hydroxylation is 1. The Morgan fingerprint density at radius 3 is 2.49 bits per heavy atom. The lowest BCUT2D eigenvalue weighted by molar-refractivity contribution is -0.136. The van der Waals surface area contributed by atoms with E-state index in [0.29, 0.717) is 16.3 Å². The highest BCUT2D eigenvalue weighted by molar-refractivity contribution is 9.10. The molecule has 8 nitrogen and oxygen atoms in total. The third kappa shape index (κ3) is 7.90. The second-order valence-electron chi connectivity index (χ2n) is 7.14. The standard InChI is InChI=1S/C24H19BrClFN4O4/c1-14-10-16(25)2-8-20(14)30-22(32)13-35-21-9-3-17(26)11-15(21)12-28-31-24(34)23(33)29-19-6-4-18(27)5-7-19/h2-12H,13H2,1H3,(H,29,33)(H,30,32)(H,31,34)/b28-12-. The van der Waals surface area contributed by atoms with E-state index in [1.807, 2.05) is 19.1 Å². The Morgan fingerprint density at radius 1 is 1.03 bits per heavy atom. The van der Waals surface area contributed by atoms with Crippen molar-refractivity contribution in [1.29, 1.82) is 0 Å². The van der Waals surface area contributed by atoms with Gasteiger partial charge in [-0.05, 0) is 73.2 Å². The van der Waals surface area contributed by atoms with Crippen molar-refractivity contribution >= 4 is 62.8 Å². The summed E-state index contributed by atoms with van der Waals surface area (Å²) < 4.78 is 19.4. The van der Waals surface area contributed by atoms with Crippen LogP contribution in [0.4, 0.5) is 15.8 Å². The molecular formula is C24H19BrClFN4O4. The Hall–Kier alpha value is -3.76. The van der Waals surface area contributed by atoms with Gasteiger partial charge >= 0.3 is 11.8 Å². The zero-order valence-electron chi connectivity index (χ0n) is 18.3. The molecule has 0 aliphatic carbocycles. The Bertz CT molecular complexity index is 1290. The van der Waals surface area contributed by atoms with Gasteiger partial charge in [-0.3, -0.25) is 14.4 Å². The molecule has 0 aliphatic heterocycles.